The molecule has 0 aromatic heterocycles. The zero-order chi connectivity index (χ0) is 15.5. The van der Waals surface area contributed by atoms with Gasteiger partial charge in [0.2, 0.25) is 5.91 Å². The zero-order valence-electron chi connectivity index (χ0n) is 14.3. The van der Waals surface area contributed by atoms with Crippen molar-refractivity contribution in [3.8, 4) is 0 Å². The third kappa shape index (κ3) is 4.42. The number of halogens is 2. The van der Waals surface area contributed by atoms with Crippen molar-refractivity contribution in [3.63, 3.8) is 0 Å². The summed E-state index contributed by atoms with van der Waals surface area (Å²) in [7, 11) is 0. The van der Waals surface area contributed by atoms with Gasteiger partial charge in [-0.2, -0.15) is 0 Å². The quantitative estimate of drug-likeness (QED) is 0.882. The third-order valence-corrected chi connectivity index (χ3v) is 5.06. The van der Waals surface area contributed by atoms with Crippen molar-refractivity contribution >= 4 is 30.7 Å². The number of nitrogens with two attached hydrogens (primary N) is 1. The highest BCUT2D eigenvalue weighted by Crippen LogP contribution is 2.28. The van der Waals surface area contributed by atoms with Crippen LogP contribution in [0.4, 0.5) is 0 Å². The number of carbonyl (C=O) groups is 1. The maximum atomic E-state index is 12.9. The van der Waals surface area contributed by atoms with Crippen LogP contribution in [0.5, 0.6) is 0 Å². The molecular weight excluding hydrogens is 345 g/mol. The molecule has 0 radical (unpaired) electrons. The van der Waals surface area contributed by atoms with Crippen LogP contribution < -0.4 is 5.73 Å². The maximum Gasteiger partial charge on any atom is 0.240 e. The summed E-state index contributed by atoms with van der Waals surface area (Å²) in [6.07, 6.45) is 3.24. The summed E-state index contributed by atoms with van der Waals surface area (Å²) in [6.45, 7) is 5.72. The van der Waals surface area contributed by atoms with E-state index in [4.69, 9.17) is 5.73 Å². The van der Waals surface area contributed by atoms with E-state index in [1.807, 2.05) is 23.1 Å². The van der Waals surface area contributed by atoms with E-state index >= 15 is 0 Å². The topological polar surface area (TPSA) is 49.6 Å². The molecule has 1 aromatic rings. The van der Waals surface area contributed by atoms with Gasteiger partial charge in [-0.3, -0.25) is 9.69 Å². The van der Waals surface area contributed by atoms with Crippen LogP contribution in [0.3, 0.4) is 0 Å². The van der Waals surface area contributed by atoms with Gasteiger partial charge in [0.15, 0.2) is 0 Å². The summed E-state index contributed by atoms with van der Waals surface area (Å²) in [6, 6.07) is 10.5. The number of nitrogens with zero attached hydrogens (tertiary/aromatic N) is 2. The highest BCUT2D eigenvalue weighted by atomic mass is 35.5. The van der Waals surface area contributed by atoms with Gasteiger partial charge in [0.25, 0.3) is 0 Å². The molecule has 0 bridgehead atoms. The summed E-state index contributed by atoms with van der Waals surface area (Å²) >= 11 is 0. The van der Waals surface area contributed by atoms with E-state index in [-0.39, 0.29) is 42.8 Å². The van der Waals surface area contributed by atoms with Crippen molar-refractivity contribution < 1.29 is 4.79 Å². The largest absolute Gasteiger partial charge is 0.339 e. The number of amides is 1. The summed E-state index contributed by atoms with van der Waals surface area (Å²) in [5, 5.41) is 0. The maximum absolute atomic E-state index is 12.9. The monoisotopic (exact) mass is 373 g/mol. The van der Waals surface area contributed by atoms with Crippen LogP contribution >= 0.6 is 24.8 Å². The molecule has 0 aliphatic carbocycles. The van der Waals surface area contributed by atoms with E-state index in [0.29, 0.717) is 12.5 Å². The van der Waals surface area contributed by atoms with Crippen LogP contribution in [0, 0.1) is 0 Å². The number of benzene rings is 1. The average Bonchev–Trinajstić information content (AvgIpc) is 3.15. The Bertz CT molecular complexity index is 514. The lowest BCUT2D eigenvalue weighted by Gasteiger charge is -2.27. The van der Waals surface area contributed by atoms with Gasteiger partial charge in [-0.1, -0.05) is 37.3 Å². The molecule has 24 heavy (non-hydrogen) atoms. The van der Waals surface area contributed by atoms with Crippen LogP contribution in [-0.4, -0.2) is 54.0 Å². The number of carbonyl (C=O) groups excluding carboxylic acids is 1. The second-order valence-electron chi connectivity index (χ2n) is 6.62. The molecule has 2 fully saturated rings. The van der Waals surface area contributed by atoms with Crippen LogP contribution in [0.15, 0.2) is 30.3 Å². The zero-order valence-corrected chi connectivity index (χ0v) is 15.9. The highest BCUT2D eigenvalue weighted by Gasteiger charge is 2.39. The van der Waals surface area contributed by atoms with Gasteiger partial charge in [0.1, 0.15) is 0 Å². The highest BCUT2D eigenvalue weighted by molar-refractivity contribution is 5.85. The fourth-order valence-corrected chi connectivity index (χ4v) is 3.93. The van der Waals surface area contributed by atoms with Crippen LogP contribution in [-0.2, 0) is 4.79 Å². The molecule has 2 saturated heterocycles. The second kappa shape index (κ2) is 9.62. The van der Waals surface area contributed by atoms with Gasteiger partial charge in [-0.15, -0.1) is 24.8 Å². The van der Waals surface area contributed by atoms with Crippen molar-refractivity contribution in [1.82, 2.24) is 9.80 Å². The Hall–Kier alpha value is -0.810. The van der Waals surface area contributed by atoms with E-state index < -0.39 is 0 Å². The first-order valence-corrected chi connectivity index (χ1v) is 8.54. The Morgan fingerprint density at radius 3 is 2.58 bits per heavy atom. The Labute approximate surface area is 157 Å². The van der Waals surface area contributed by atoms with Crippen LogP contribution in [0.2, 0.25) is 0 Å². The second-order valence-corrected chi connectivity index (χ2v) is 6.62. The van der Waals surface area contributed by atoms with Gasteiger partial charge < -0.3 is 10.6 Å². The lowest BCUT2D eigenvalue weighted by atomic mass is 9.95. The molecule has 3 rings (SSSR count). The standard InChI is InChI=1S/C18H27N3O.2ClH/c1-2-10-20-11-6-9-17(20)18(22)21-12-15(16(19)13-21)14-7-4-3-5-8-14;;/h3-5,7-8,15-17H,2,6,9-13,19H2,1H3;2*1H/t15-,16+,17?;;/m0../s1. The first-order valence-electron chi connectivity index (χ1n) is 8.54. The van der Waals surface area contributed by atoms with Crippen LogP contribution in [0.1, 0.15) is 37.7 Å². The van der Waals surface area contributed by atoms with E-state index in [2.05, 4.69) is 24.0 Å². The molecule has 2 aliphatic rings. The molecule has 3 atom stereocenters. The summed E-state index contributed by atoms with van der Waals surface area (Å²) in [5.41, 5.74) is 7.58. The van der Waals surface area contributed by atoms with E-state index in [1.54, 1.807) is 0 Å². The molecule has 136 valence electrons. The number of hydrogen-bond acceptors (Lipinski definition) is 3. The van der Waals surface area contributed by atoms with Gasteiger partial charge in [-0.25, -0.2) is 0 Å². The predicted octanol–water partition coefficient (Wildman–Crippen LogP) is 2.66. The molecule has 2 aliphatic heterocycles. The van der Waals surface area contributed by atoms with Crippen molar-refractivity contribution in [2.75, 3.05) is 26.2 Å². The van der Waals surface area contributed by atoms with Crippen molar-refractivity contribution in [3.05, 3.63) is 35.9 Å². The van der Waals surface area contributed by atoms with E-state index in [9.17, 15) is 4.79 Å². The lowest BCUT2D eigenvalue weighted by Crippen LogP contribution is -2.45. The third-order valence-electron chi connectivity index (χ3n) is 5.06. The molecule has 0 spiro atoms. The molecule has 1 unspecified atom stereocenters. The number of likely N-dealkylation sites (tertiary alicyclic amines) is 2. The van der Waals surface area contributed by atoms with E-state index in [1.165, 1.54) is 5.56 Å². The number of hydrogen-bond donors (Lipinski definition) is 1. The molecule has 2 heterocycles. The SMILES string of the molecule is CCCN1CCCC1C(=O)N1C[C@@H](N)[C@H](c2ccccc2)C1.Cl.Cl. The van der Waals surface area contributed by atoms with E-state index in [0.717, 1.165) is 38.9 Å². The summed E-state index contributed by atoms with van der Waals surface area (Å²) < 4.78 is 0. The van der Waals surface area contributed by atoms with Gasteiger partial charge in [0.05, 0.1) is 6.04 Å². The van der Waals surface area contributed by atoms with Crippen molar-refractivity contribution in [2.45, 2.75) is 44.2 Å². The van der Waals surface area contributed by atoms with Gasteiger partial charge in [0, 0.05) is 25.0 Å². The average molecular weight is 374 g/mol. The molecule has 1 aromatic carbocycles. The Kier molecular flexibility index (Phi) is 8.51. The van der Waals surface area contributed by atoms with Gasteiger partial charge >= 0.3 is 0 Å². The predicted molar refractivity (Wildman–Crippen MR) is 103 cm³/mol. The minimum absolute atomic E-state index is 0. The molecule has 1 amide bonds. The minimum atomic E-state index is 0. The summed E-state index contributed by atoms with van der Waals surface area (Å²) in [5.74, 6) is 0.561. The Morgan fingerprint density at radius 2 is 1.92 bits per heavy atom. The minimum Gasteiger partial charge on any atom is -0.339 e. The molecule has 4 nitrogen and oxygen atoms in total. The fourth-order valence-electron chi connectivity index (χ4n) is 3.93. The fraction of sp³-hybridized carbons (Fsp3) is 0.611. The number of rotatable bonds is 4. The van der Waals surface area contributed by atoms with Gasteiger partial charge in [-0.05, 0) is 37.9 Å². The van der Waals surface area contributed by atoms with Crippen molar-refractivity contribution in [1.29, 1.82) is 0 Å². The molecule has 6 heteroatoms. The lowest BCUT2D eigenvalue weighted by molar-refractivity contribution is -0.135. The molecule has 2 N–H and O–H groups in total. The Morgan fingerprint density at radius 1 is 1.21 bits per heavy atom. The Balaban J connectivity index is 0.00000144. The van der Waals surface area contributed by atoms with Crippen molar-refractivity contribution in [2.24, 2.45) is 5.73 Å². The first-order chi connectivity index (χ1) is 10.7. The molecular formula is C18H29Cl2N3O. The summed E-state index contributed by atoms with van der Waals surface area (Å²) in [4.78, 5) is 17.2. The smallest absolute Gasteiger partial charge is 0.240 e. The van der Waals surface area contributed by atoms with Crippen LogP contribution in [0.25, 0.3) is 0 Å². The molecule has 0 saturated carbocycles. The first kappa shape index (κ1) is 21.2. The normalized spacial score (nSPS) is 26.8.